The van der Waals surface area contributed by atoms with Gasteiger partial charge in [0.05, 0.1) is 11.5 Å². The second kappa shape index (κ2) is 3.01. The molecule has 0 aliphatic carbocycles. The van der Waals surface area contributed by atoms with Gasteiger partial charge in [0.2, 0.25) is 5.90 Å². The molecule has 0 aromatic rings. The molecule has 2 aliphatic rings. The molecule has 2 heterocycles. The van der Waals surface area contributed by atoms with Crippen LogP contribution in [0.4, 0.5) is 0 Å². The minimum atomic E-state index is -0.240. The standard InChI is InChI=1S/C9H13N3O2/c1-4-6-7(10-3)11-5(2)12-8(6)14-9(4)13/h4-5,10-11H,1-3H3. The molecule has 0 radical (unpaired) electrons. The van der Waals surface area contributed by atoms with Crippen molar-refractivity contribution in [2.75, 3.05) is 7.05 Å². The Bertz CT molecular complexity index is 346. The van der Waals surface area contributed by atoms with E-state index in [1.54, 1.807) is 7.05 Å². The molecular formula is C9H13N3O2. The van der Waals surface area contributed by atoms with Crippen LogP contribution < -0.4 is 10.6 Å². The summed E-state index contributed by atoms with van der Waals surface area (Å²) in [4.78, 5) is 15.5. The van der Waals surface area contributed by atoms with Gasteiger partial charge in [-0.1, -0.05) is 0 Å². The summed E-state index contributed by atoms with van der Waals surface area (Å²) in [6.07, 6.45) is -0.0608. The van der Waals surface area contributed by atoms with Crippen molar-refractivity contribution in [1.29, 1.82) is 0 Å². The highest BCUT2D eigenvalue weighted by Crippen LogP contribution is 2.27. The van der Waals surface area contributed by atoms with Gasteiger partial charge in [0.25, 0.3) is 0 Å². The number of hydrogen-bond donors (Lipinski definition) is 2. The number of carbonyl (C=O) groups excluding carboxylic acids is 1. The van der Waals surface area contributed by atoms with E-state index in [-0.39, 0.29) is 18.1 Å². The highest BCUT2D eigenvalue weighted by atomic mass is 16.6. The van der Waals surface area contributed by atoms with E-state index >= 15 is 0 Å². The van der Waals surface area contributed by atoms with E-state index in [0.29, 0.717) is 5.90 Å². The lowest BCUT2D eigenvalue weighted by atomic mass is 10.0. The summed E-state index contributed by atoms with van der Waals surface area (Å²) >= 11 is 0. The molecule has 0 amide bonds. The first-order chi connectivity index (χ1) is 6.63. The molecule has 2 unspecified atom stereocenters. The average Bonchev–Trinajstić information content (AvgIpc) is 2.41. The van der Waals surface area contributed by atoms with Gasteiger partial charge in [0, 0.05) is 7.05 Å². The van der Waals surface area contributed by atoms with Crippen molar-refractivity contribution in [3.05, 3.63) is 11.4 Å². The van der Waals surface area contributed by atoms with Crippen LogP contribution >= 0.6 is 0 Å². The van der Waals surface area contributed by atoms with Gasteiger partial charge in [-0.05, 0) is 13.8 Å². The zero-order valence-corrected chi connectivity index (χ0v) is 8.42. The summed E-state index contributed by atoms with van der Waals surface area (Å²) in [5.41, 5.74) is 0.829. The van der Waals surface area contributed by atoms with E-state index < -0.39 is 0 Å². The molecule has 2 rings (SSSR count). The monoisotopic (exact) mass is 195 g/mol. The van der Waals surface area contributed by atoms with Gasteiger partial charge < -0.3 is 15.4 Å². The fraction of sp³-hybridized carbons (Fsp3) is 0.556. The van der Waals surface area contributed by atoms with E-state index in [0.717, 1.165) is 11.4 Å². The number of nitrogens with zero attached hydrogens (tertiary/aromatic N) is 1. The molecule has 0 aromatic carbocycles. The molecular weight excluding hydrogens is 182 g/mol. The molecule has 76 valence electrons. The predicted molar refractivity (Wildman–Crippen MR) is 51.4 cm³/mol. The van der Waals surface area contributed by atoms with Crippen molar-refractivity contribution < 1.29 is 9.53 Å². The maximum Gasteiger partial charge on any atom is 0.320 e. The summed E-state index contributed by atoms with van der Waals surface area (Å²) in [5.74, 6) is 0.817. The molecule has 0 saturated carbocycles. The topological polar surface area (TPSA) is 62.7 Å². The molecule has 1 fully saturated rings. The fourth-order valence-electron chi connectivity index (χ4n) is 1.66. The van der Waals surface area contributed by atoms with Gasteiger partial charge in [-0.3, -0.25) is 4.79 Å². The zero-order chi connectivity index (χ0) is 10.3. The lowest BCUT2D eigenvalue weighted by Crippen LogP contribution is -2.37. The summed E-state index contributed by atoms with van der Waals surface area (Å²) in [7, 11) is 1.81. The minimum absolute atomic E-state index is 0.0608. The van der Waals surface area contributed by atoms with E-state index in [1.165, 1.54) is 0 Å². The Kier molecular flexibility index (Phi) is 1.94. The number of rotatable bonds is 1. The Balaban J connectivity index is 2.46. The van der Waals surface area contributed by atoms with Crippen molar-refractivity contribution in [3.8, 4) is 0 Å². The first kappa shape index (κ1) is 9.05. The normalized spacial score (nSPS) is 30.5. The van der Waals surface area contributed by atoms with Crippen LogP contribution in [0.1, 0.15) is 13.8 Å². The molecule has 2 aliphatic heterocycles. The van der Waals surface area contributed by atoms with Crippen LogP contribution in [0.5, 0.6) is 0 Å². The maximum absolute atomic E-state index is 11.3. The second-order valence-electron chi connectivity index (χ2n) is 3.44. The van der Waals surface area contributed by atoms with Crippen LogP contribution in [0.15, 0.2) is 16.4 Å². The zero-order valence-electron chi connectivity index (χ0n) is 8.42. The van der Waals surface area contributed by atoms with Crippen LogP contribution in [0.3, 0.4) is 0 Å². The number of hydrogen-bond acceptors (Lipinski definition) is 5. The molecule has 14 heavy (non-hydrogen) atoms. The van der Waals surface area contributed by atoms with Gasteiger partial charge in [0.15, 0.2) is 0 Å². The lowest BCUT2D eigenvalue weighted by molar-refractivity contribution is -0.135. The highest BCUT2D eigenvalue weighted by Gasteiger charge is 2.38. The Labute approximate surface area is 82.2 Å². The predicted octanol–water partition coefficient (Wildman–Crippen LogP) is -0.0420. The van der Waals surface area contributed by atoms with Crippen molar-refractivity contribution in [1.82, 2.24) is 10.6 Å². The molecule has 0 aromatic heterocycles. The Hall–Kier alpha value is -1.52. The molecule has 2 N–H and O–H groups in total. The van der Waals surface area contributed by atoms with Crippen LogP contribution in [0.25, 0.3) is 0 Å². The summed E-state index contributed by atoms with van der Waals surface area (Å²) in [5, 5.41) is 6.15. The third kappa shape index (κ3) is 1.16. The number of carbonyl (C=O) groups is 1. The van der Waals surface area contributed by atoms with Crippen molar-refractivity contribution in [2.24, 2.45) is 10.9 Å². The minimum Gasteiger partial charge on any atom is -0.407 e. The van der Waals surface area contributed by atoms with Crippen LogP contribution in [-0.2, 0) is 9.53 Å². The van der Waals surface area contributed by atoms with Gasteiger partial charge in [-0.2, -0.15) is 0 Å². The molecule has 0 bridgehead atoms. The number of aliphatic imine (C=N–C) groups is 1. The third-order valence-corrected chi connectivity index (χ3v) is 2.40. The quantitative estimate of drug-likeness (QED) is 0.576. The van der Waals surface area contributed by atoms with Gasteiger partial charge >= 0.3 is 5.97 Å². The van der Waals surface area contributed by atoms with Crippen LogP contribution in [0.2, 0.25) is 0 Å². The second-order valence-corrected chi connectivity index (χ2v) is 3.44. The first-order valence-corrected chi connectivity index (χ1v) is 4.61. The van der Waals surface area contributed by atoms with Crippen molar-refractivity contribution in [2.45, 2.75) is 20.0 Å². The molecule has 1 saturated heterocycles. The number of nitrogens with one attached hydrogen (secondary N) is 2. The lowest BCUT2D eigenvalue weighted by Gasteiger charge is -2.21. The Morgan fingerprint density at radius 2 is 2.21 bits per heavy atom. The number of esters is 1. The van der Waals surface area contributed by atoms with Gasteiger partial charge in [-0.25, -0.2) is 4.99 Å². The van der Waals surface area contributed by atoms with Crippen LogP contribution in [0, 0.1) is 5.92 Å². The van der Waals surface area contributed by atoms with E-state index in [1.807, 2.05) is 13.8 Å². The SMILES string of the molecule is CNC1=C2C(=NC(C)N1)OC(=O)C2C. The number of ether oxygens (including phenoxy) is 1. The molecule has 5 nitrogen and oxygen atoms in total. The fourth-order valence-corrected chi connectivity index (χ4v) is 1.66. The first-order valence-electron chi connectivity index (χ1n) is 4.61. The van der Waals surface area contributed by atoms with E-state index in [9.17, 15) is 4.79 Å². The van der Waals surface area contributed by atoms with Crippen molar-refractivity contribution >= 4 is 11.9 Å². The summed E-state index contributed by atoms with van der Waals surface area (Å²) < 4.78 is 5.05. The van der Waals surface area contributed by atoms with Crippen LogP contribution in [-0.4, -0.2) is 25.1 Å². The Morgan fingerprint density at radius 1 is 1.50 bits per heavy atom. The molecule has 5 heteroatoms. The molecule has 0 spiro atoms. The maximum atomic E-state index is 11.3. The smallest absolute Gasteiger partial charge is 0.320 e. The van der Waals surface area contributed by atoms with Crippen molar-refractivity contribution in [3.63, 3.8) is 0 Å². The Morgan fingerprint density at radius 3 is 2.86 bits per heavy atom. The van der Waals surface area contributed by atoms with E-state index in [2.05, 4.69) is 15.6 Å². The third-order valence-electron chi connectivity index (χ3n) is 2.40. The summed E-state index contributed by atoms with van der Waals surface area (Å²) in [6.45, 7) is 3.72. The largest absolute Gasteiger partial charge is 0.407 e. The average molecular weight is 195 g/mol. The van der Waals surface area contributed by atoms with Gasteiger partial charge in [0.1, 0.15) is 12.0 Å². The van der Waals surface area contributed by atoms with Gasteiger partial charge in [-0.15, -0.1) is 0 Å². The molecule has 2 atom stereocenters. The summed E-state index contributed by atoms with van der Waals surface area (Å²) in [6, 6.07) is 0. The highest BCUT2D eigenvalue weighted by molar-refractivity contribution is 6.11. The number of fused-ring (bicyclic) bond motifs is 1. The van der Waals surface area contributed by atoms with E-state index in [4.69, 9.17) is 4.74 Å².